The van der Waals surface area contributed by atoms with Gasteiger partial charge in [0.1, 0.15) is 5.56 Å². The van der Waals surface area contributed by atoms with E-state index >= 15 is 0 Å². The van der Waals surface area contributed by atoms with E-state index in [2.05, 4.69) is 4.98 Å². The van der Waals surface area contributed by atoms with Crippen LogP contribution in [0.25, 0.3) is 22.5 Å². The zero-order chi connectivity index (χ0) is 19.9. The van der Waals surface area contributed by atoms with Gasteiger partial charge in [-0.1, -0.05) is 29.3 Å². The molecule has 0 amide bonds. The Morgan fingerprint density at radius 3 is 2.48 bits per heavy atom. The quantitative estimate of drug-likeness (QED) is 0.703. The van der Waals surface area contributed by atoms with Crippen LogP contribution in [0.1, 0.15) is 23.0 Å². The van der Waals surface area contributed by atoms with Crippen LogP contribution in [0.15, 0.2) is 35.5 Å². The molecule has 0 radical (unpaired) electrons. The number of benzene rings is 1. The molecule has 27 heavy (non-hydrogen) atoms. The Labute approximate surface area is 165 Å². The van der Waals surface area contributed by atoms with Crippen molar-refractivity contribution in [1.82, 2.24) is 14.1 Å². The minimum absolute atomic E-state index is 0.286. The van der Waals surface area contributed by atoms with Gasteiger partial charge in [-0.05, 0) is 26.0 Å². The van der Waals surface area contributed by atoms with E-state index < -0.39 is 11.4 Å². The van der Waals surface area contributed by atoms with Crippen LogP contribution in [0.2, 0.25) is 10.0 Å². The van der Waals surface area contributed by atoms with Crippen molar-refractivity contribution in [1.29, 1.82) is 0 Å². The van der Waals surface area contributed by atoms with Crippen LogP contribution in [0.4, 0.5) is 0 Å². The average Bonchev–Trinajstić information content (AvgIpc) is 3.02. The molecule has 0 atom stereocenters. The first-order valence-electron chi connectivity index (χ1n) is 8.20. The van der Waals surface area contributed by atoms with Crippen molar-refractivity contribution in [3.63, 3.8) is 0 Å². The lowest BCUT2D eigenvalue weighted by Gasteiger charge is -2.21. The van der Waals surface area contributed by atoms with Crippen molar-refractivity contribution >= 4 is 29.2 Å². The van der Waals surface area contributed by atoms with Crippen LogP contribution in [-0.2, 0) is 13.6 Å². The Bertz CT molecular complexity index is 1120. The fraction of sp³-hybridized carbons (Fsp3) is 0.211. The average molecular weight is 406 g/mol. The standard InChI is InChI=1S/C19H17Cl2N3O3/c1-4-24-10(2)15(14-8-22-9-23(14)3)18(25)16(19(26)27)17(24)11-5-6-12(20)13(21)7-11/h5-9H,4H2,1-3H3,(H,26,27). The predicted molar refractivity (Wildman–Crippen MR) is 106 cm³/mol. The predicted octanol–water partition coefficient (Wildman–Crippen LogP) is 4.25. The zero-order valence-electron chi connectivity index (χ0n) is 15.0. The lowest BCUT2D eigenvalue weighted by atomic mass is 9.98. The van der Waals surface area contributed by atoms with Gasteiger partial charge in [0.2, 0.25) is 5.43 Å². The van der Waals surface area contributed by atoms with Crippen LogP contribution < -0.4 is 5.43 Å². The number of aromatic nitrogens is 3. The summed E-state index contributed by atoms with van der Waals surface area (Å²) in [5.41, 5.74) is 1.47. The van der Waals surface area contributed by atoms with E-state index in [1.807, 2.05) is 6.92 Å². The highest BCUT2D eigenvalue weighted by atomic mass is 35.5. The Balaban J connectivity index is 2.48. The number of aromatic carboxylic acids is 1. The molecule has 3 aromatic rings. The first-order valence-corrected chi connectivity index (χ1v) is 8.96. The molecule has 0 aliphatic rings. The molecule has 1 aromatic carbocycles. The van der Waals surface area contributed by atoms with Gasteiger partial charge in [0, 0.05) is 24.8 Å². The minimum atomic E-state index is -1.30. The molecule has 0 fully saturated rings. The maximum absolute atomic E-state index is 13.2. The first-order chi connectivity index (χ1) is 12.8. The fourth-order valence-electron chi connectivity index (χ4n) is 3.27. The summed E-state index contributed by atoms with van der Waals surface area (Å²) in [5.74, 6) is -1.30. The van der Waals surface area contributed by atoms with Gasteiger partial charge >= 0.3 is 5.97 Å². The number of rotatable bonds is 4. The number of carboxylic acid groups (broad SMARTS) is 1. The van der Waals surface area contributed by atoms with Crippen LogP contribution in [0.3, 0.4) is 0 Å². The monoisotopic (exact) mass is 405 g/mol. The summed E-state index contributed by atoms with van der Waals surface area (Å²) in [6.45, 7) is 4.14. The summed E-state index contributed by atoms with van der Waals surface area (Å²) in [6.07, 6.45) is 3.12. The van der Waals surface area contributed by atoms with E-state index in [1.165, 1.54) is 0 Å². The number of imidazole rings is 1. The molecule has 2 aromatic heterocycles. The maximum atomic E-state index is 13.2. The summed E-state index contributed by atoms with van der Waals surface area (Å²) in [5, 5.41) is 10.5. The van der Waals surface area contributed by atoms with Gasteiger partial charge in [-0.15, -0.1) is 0 Å². The molecule has 0 aliphatic carbocycles. The number of nitrogens with zero attached hydrogens (tertiary/aromatic N) is 3. The fourth-order valence-corrected chi connectivity index (χ4v) is 3.57. The van der Waals surface area contributed by atoms with Crippen molar-refractivity contribution in [2.24, 2.45) is 7.05 Å². The molecule has 0 saturated heterocycles. The number of carboxylic acids is 1. The molecular formula is C19H17Cl2N3O3. The topological polar surface area (TPSA) is 77.1 Å². The number of carbonyl (C=O) groups is 1. The van der Waals surface area contributed by atoms with Crippen LogP contribution in [0, 0.1) is 6.92 Å². The Morgan fingerprint density at radius 1 is 1.26 bits per heavy atom. The highest BCUT2D eigenvalue weighted by molar-refractivity contribution is 6.42. The highest BCUT2D eigenvalue weighted by Crippen LogP contribution is 2.32. The van der Waals surface area contributed by atoms with E-state index in [-0.39, 0.29) is 10.6 Å². The van der Waals surface area contributed by atoms with Crippen LogP contribution in [-0.4, -0.2) is 25.2 Å². The molecular weight excluding hydrogens is 389 g/mol. The molecule has 1 N–H and O–H groups in total. The van der Waals surface area contributed by atoms with Crippen molar-refractivity contribution in [2.75, 3.05) is 0 Å². The van der Waals surface area contributed by atoms with E-state index in [9.17, 15) is 14.7 Å². The summed E-state index contributed by atoms with van der Waals surface area (Å²) in [7, 11) is 1.75. The molecule has 0 spiro atoms. The largest absolute Gasteiger partial charge is 0.477 e. The second-order valence-corrected chi connectivity index (χ2v) is 6.90. The van der Waals surface area contributed by atoms with Gasteiger partial charge in [0.25, 0.3) is 0 Å². The van der Waals surface area contributed by atoms with Gasteiger partial charge in [0.05, 0.1) is 39.5 Å². The van der Waals surface area contributed by atoms with Crippen LogP contribution in [0.5, 0.6) is 0 Å². The normalized spacial score (nSPS) is 11.0. The molecule has 8 heteroatoms. The third-order valence-electron chi connectivity index (χ3n) is 4.52. The minimum Gasteiger partial charge on any atom is -0.477 e. The number of halogens is 2. The van der Waals surface area contributed by atoms with Crippen molar-refractivity contribution < 1.29 is 9.90 Å². The highest BCUT2D eigenvalue weighted by Gasteiger charge is 2.26. The molecule has 0 bridgehead atoms. The second kappa shape index (κ2) is 7.21. The van der Waals surface area contributed by atoms with Gasteiger partial charge in [0.15, 0.2) is 0 Å². The van der Waals surface area contributed by atoms with E-state index in [0.29, 0.717) is 39.8 Å². The van der Waals surface area contributed by atoms with Gasteiger partial charge in [-0.3, -0.25) is 4.79 Å². The number of pyridine rings is 1. The molecule has 0 saturated carbocycles. The summed E-state index contributed by atoms with van der Waals surface area (Å²) in [4.78, 5) is 29.3. The third-order valence-corrected chi connectivity index (χ3v) is 5.26. The van der Waals surface area contributed by atoms with Gasteiger partial charge in [-0.25, -0.2) is 9.78 Å². The van der Waals surface area contributed by atoms with Crippen molar-refractivity contribution in [2.45, 2.75) is 20.4 Å². The number of hydrogen-bond acceptors (Lipinski definition) is 3. The molecule has 6 nitrogen and oxygen atoms in total. The summed E-state index contributed by atoms with van der Waals surface area (Å²) >= 11 is 12.1. The van der Waals surface area contributed by atoms with Crippen molar-refractivity contribution in [3.8, 4) is 22.5 Å². The molecule has 0 unspecified atom stereocenters. The first kappa shape index (κ1) is 19.2. The molecule has 2 heterocycles. The van der Waals surface area contributed by atoms with E-state index in [1.54, 1.807) is 53.8 Å². The lowest BCUT2D eigenvalue weighted by Crippen LogP contribution is -2.25. The molecule has 3 rings (SSSR count). The zero-order valence-corrected chi connectivity index (χ0v) is 16.5. The number of hydrogen-bond donors (Lipinski definition) is 1. The lowest BCUT2D eigenvalue weighted by molar-refractivity contribution is 0.0695. The third kappa shape index (κ3) is 3.15. The maximum Gasteiger partial charge on any atom is 0.341 e. The molecule has 0 aliphatic heterocycles. The number of aryl methyl sites for hydroxylation is 1. The SMILES string of the molecule is CCn1c(C)c(-c2cncn2C)c(=O)c(C(=O)O)c1-c1ccc(Cl)c(Cl)c1. The Morgan fingerprint density at radius 2 is 1.96 bits per heavy atom. The van der Waals surface area contributed by atoms with E-state index in [4.69, 9.17) is 23.2 Å². The summed E-state index contributed by atoms with van der Waals surface area (Å²) < 4.78 is 3.49. The molecule has 140 valence electrons. The van der Waals surface area contributed by atoms with E-state index in [0.717, 1.165) is 0 Å². The van der Waals surface area contributed by atoms with Crippen molar-refractivity contribution in [3.05, 3.63) is 62.2 Å². The Kier molecular flexibility index (Phi) is 5.13. The van der Waals surface area contributed by atoms with Gasteiger partial charge < -0.3 is 14.2 Å². The van der Waals surface area contributed by atoms with Crippen LogP contribution >= 0.6 is 23.2 Å². The second-order valence-electron chi connectivity index (χ2n) is 6.08. The Hall–Kier alpha value is -2.57. The summed E-state index contributed by atoms with van der Waals surface area (Å²) in [6, 6.07) is 4.81. The van der Waals surface area contributed by atoms with Gasteiger partial charge in [-0.2, -0.15) is 0 Å². The smallest absolute Gasteiger partial charge is 0.341 e.